The number of aryl methyl sites for hydroxylation is 1. The molecular weight excluding hydrogens is 415 g/mol. The van der Waals surface area contributed by atoms with Crippen LogP contribution in [0.15, 0.2) is 53.2 Å². The predicted octanol–water partition coefficient (Wildman–Crippen LogP) is 2.88. The summed E-state index contributed by atoms with van der Waals surface area (Å²) in [6, 6.07) is 11.3. The number of fused-ring (bicyclic) bond motifs is 1. The number of pyridine rings is 1. The fourth-order valence-corrected chi connectivity index (χ4v) is 3.61. The number of carbonyl (C=O) groups is 1. The molecule has 1 aliphatic heterocycles. The van der Waals surface area contributed by atoms with Crippen LogP contribution in [-0.2, 0) is 19.6 Å². The third-order valence-corrected chi connectivity index (χ3v) is 5.34. The second-order valence-corrected chi connectivity index (χ2v) is 7.41. The Morgan fingerprint density at radius 3 is 2.81 bits per heavy atom. The standard InChI is InChI=1S/C22H19FN6O3/c1-14-19(29(27-26-14)17-5-3-16(23)4-6-17)13-31-21-7-2-15-12-28(11-9-18(15)25-21)22(30)20-8-10-24-32-20/h2-8,10H,9,11-13H2,1H3. The van der Waals surface area contributed by atoms with Crippen molar-refractivity contribution in [3.63, 3.8) is 0 Å². The summed E-state index contributed by atoms with van der Waals surface area (Å²) >= 11 is 0. The second-order valence-electron chi connectivity index (χ2n) is 7.41. The van der Waals surface area contributed by atoms with E-state index in [0.29, 0.717) is 36.8 Å². The molecule has 0 aliphatic carbocycles. The van der Waals surface area contributed by atoms with Crippen molar-refractivity contribution < 1.29 is 18.4 Å². The number of carbonyl (C=O) groups excluding carboxylic acids is 1. The van der Waals surface area contributed by atoms with Crippen LogP contribution in [0.1, 0.15) is 33.2 Å². The average Bonchev–Trinajstić information content (AvgIpc) is 3.47. The van der Waals surface area contributed by atoms with Crippen LogP contribution < -0.4 is 4.74 Å². The highest BCUT2D eigenvalue weighted by Gasteiger charge is 2.25. The molecule has 162 valence electrons. The molecule has 0 unspecified atom stereocenters. The SMILES string of the molecule is Cc1nnn(-c2ccc(F)cc2)c1COc1ccc2c(n1)CCN(C(=O)c1ccno1)C2. The van der Waals surface area contributed by atoms with E-state index in [1.165, 1.54) is 18.3 Å². The summed E-state index contributed by atoms with van der Waals surface area (Å²) in [5.74, 6) is 0.196. The molecular formula is C22H19FN6O3. The van der Waals surface area contributed by atoms with Gasteiger partial charge in [0.1, 0.15) is 18.1 Å². The van der Waals surface area contributed by atoms with E-state index in [0.717, 1.165) is 17.0 Å². The van der Waals surface area contributed by atoms with Crippen molar-refractivity contribution in [2.45, 2.75) is 26.5 Å². The number of amides is 1. The first-order valence-electron chi connectivity index (χ1n) is 10.1. The van der Waals surface area contributed by atoms with Gasteiger partial charge in [0.2, 0.25) is 11.6 Å². The molecule has 0 fully saturated rings. The highest BCUT2D eigenvalue weighted by atomic mass is 19.1. The molecule has 0 saturated heterocycles. The quantitative estimate of drug-likeness (QED) is 0.476. The summed E-state index contributed by atoms with van der Waals surface area (Å²) in [6.45, 7) is 3.02. The number of halogens is 1. The minimum atomic E-state index is -0.317. The fourth-order valence-electron chi connectivity index (χ4n) is 3.61. The molecule has 1 amide bonds. The summed E-state index contributed by atoms with van der Waals surface area (Å²) in [5.41, 5.74) is 4.02. The Labute approximate surface area is 182 Å². The average molecular weight is 434 g/mol. The van der Waals surface area contributed by atoms with E-state index in [1.807, 2.05) is 13.0 Å². The summed E-state index contributed by atoms with van der Waals surface area (Å²) in [4.78, 5) is 18.8. The maximum atomic E-state index is 13.2. The zero-order valence-corrected chi connectivity index (χ0v) is 17.2. The Balaban J connectivity index is 1.29. The van der Waals surface area contributed by atoms with E-state index in [2.05, 4.69) is 20.5 Å². The van der Waals surface area contributed by atoms with Crippen LogP contribution in [0.3, 0.4) is 0 Å². The first-order valence-corrected chi connectivity index (χ1v) is 10.1. The van der Waals surface area contributed by atoms with Gasteiger partial charge in [0.15, 0.2) is 0 Å². The van der Waals surface area contributed by atoms with Crippen LogP contribution in [0.4, 0.5) is 4.39 Å². The maximum absolute atomic E-state index is 13.2. The lowest BCUT2D eigenvalue weighted by Gasteiger charge is -2.27. The van der Waals surface area contributed by atoms with Gasteiger partial charge in [0.25, 0.3) is 5.91 Å². The lowest BCUT2D eigenvalue weighted by molar-refractivity contribution is 0.0691. The van der Waals surface area contributed by atoms with Gasteiger partial charge < -0.3 is 14.2 Å². The number of ether oxygens (including phenoxy) is 1. The van der Waals surface area contributed by atoms with Gasteiger partial charge in [-0.1, -0.05) is 16.4 Å². The smallest absolute Gasteiger partial charge is 0.292 e. The number of rotatable bonds is 5. The monoisotopic (exact) mass is 434 g/mol. The van der Waals surface area contributed by atoms with Gasteiger partial charge in [-0.15, -0.1) is 5.10 Å². The molecule has 4 heterocycles. The number of hydrogen-bond donors (Lipinski definition) is 0. The highest BCUT2D eigenvalue weighted by Crippen LogP contribution is 2.23. The molecule has 0 saturated carbocycles. The van der Waals surface area contributed by atoms with Gasteiger partial charge in [0, 0.05) is 31.6 Å². The van der Waals surface area contributed by atoms with E-state index >= 15 is 0 Å². The molecule has 0 atom stereocenters. The Hall–Kier alpha value is -4.08. The third kappa shape index (κ3) is 3.82. The molecule has 3 aromatic heterocycles. The molecule has 0 radical (unpaired) electrons. The summed E-state index contributed by atoms with van der Waals surface area (Å²) in [6.07, 6.45) is 2.07. The minimum Gasteiger partial charge on any atom is -0.471 e. The lowest BCUT2D eigenvalue weighted by Crippen LogP contribution is -2.36. The Kier molecular flexibility index (Phi) is 5.10. The van der Waals surface area contributed by atoms with Gasteiger partial charge in [-0.2, -0.15) is 0 Å². The number of nitrogens with zero attached hydrogens (tertiary/aromatic N) is 6. The molecule has 1 aromatic carbocycles. The van der Waals surface area contributed by atoms with Crippen LogP contribution in [0, 0.1) is 12.7 Å². The van der Waals surface area contributed by atoms with Crippen LogP contribution in [0.25, 0.3) is 5.69 Å². The molecule has 0 spiro atoms. The van der Waals surface area contributed by atoms with E-state index in [9.17, 15) is 9.18 Å². The van der Waals surface area contributed by atoms with E-state index in [-0.39, 0.29) is 24.1 Å². The first-order chi connectivity index (χ1) is 15.6. The van der Waals surface area contributed by atoms with Crippen LogP contribution in [0.2, 0.25) is 0 Å². The van der Waals surface area contributed by atoms with E-state index < -0.39 is 0 Å². The maximum Gasteiger partial charge on any atom is 0.292 e. The zero-order valence-electron chi connectivity index (χ0n) is 17.2. The molecule has 9 nitrogen and oxygen atoms in total. The van der Waals surface area contributed by atoms with E-state index in [1.54, 1.807) is 33.8 Å². The topological polar surface area (TPSA) is 99.2 Å². The number of aromatic nitrogens is 5. The first kappa shape index (κ1) is 19.9. The zero-order chi connectivity index (χ0) is 22.1. The largest absolute Gasteiger partial charge is 0.471 e. The third-order valence-electron chi connectivity index (χ3n) is 5.34. The summed E-state index contributed by atoms with van der Waals surface area (Å²) in [7, 11) is 0. The Bertz CT molecular complexity index is 1250. The molecule has 1 aliphatic rings. The van der Waals surface area contributed by atoms with Gasteiger partial charge in [-0.25, -0.2) is 14.1 Å². The van der Waals surface area contributed by atoms with Crippen molar-refractivity contribution in [1.29, 1.82) is 0 Å². The van der Waals surface area contributed by atoms with Crippen molar-refractivity contribution in [3.05, 3.63) is 82.9 Å². The number of hydrogen-bond acceptors (Lipinski definition) is 7. The second kappa shape index (κ2) is 8.22. The molecule has 5 rings (SSSR count). The number of benzene rings is 1. The highest BCUT2D eigenvalue weighted by molar-refractivity contribution is 5.91. The van der Waals surface area contributed by atoms with Crippen molar-refractivity contribution in [1.82, 2.24) is 30.0 Å². The van der Waals surface area contributed by atoms with Crippen molar-refractivity contribution in [2.24, 2.45) is 0 Å². The van der Waals surface area contributed by atoms with Crippen LogP contribution in [0.5, 0.6) is 5.88 Å². The van der Waals surface area contributed by atoms with Crippen LogP contribution >= 0.6 is 0 Å². The van der Waals surface area contributed by atoms with Crippen molar-refractivity contribution >= 4 is 5.91 Å². The molecule has 0 N–H and O–H groups in total. The summed E-state index contributed by atoms with van der Waals surface area (Å²) < 4.78 is 25.8. The van der Waals surface area contributed by atoms with Crippen LogP contribution in [-0.4, -0.2) is 42.5 Å². The van der Waals surface area contributed by atoms with Gasteiger partial charge in [0.05, 0.1) is 23.3 Å². The lowest BCUT2D eigenvalue weighted by atomic mass is 10.1. The minimum absolute atomic E-state index is 0.189. The Morgan fingerprint density at radius 2 is 2.03 bits per heavy atom. The molecule has 32 heavy (non-hydrogen) atoms. The predicted molar refractivity (Wildman–Crippen MR) is 110 cm³/mol. The molecule has 0 bridgehead atoms. The molecule has 4 aromatic rings. The van der Waals surface area contributed by atoms with Crippen molar-refractivity contribution in [3.8, 4) is 11.6 Å². The normalized spacial score (nSPS) is 13.1. The fraction of sp³-hybridized carbons (Fsp3) is 0.227. The van der Waals surface area contributed by atoms with Gasteiger partial charge in [-0.05, 0) is 36.8 Å². The van der Waals surface area contributed by atoms with E-state index in [4.69, 9.17) is 9.26 Å². The Morgan fingerprint density at radius 1 is 1.19 bits per heavy atom. The summed E-state index contributed by atoms with van der Waals surface area (Å²) in [5, 5.41) is 11.8. The van der Waals surface area contributed by atoms with Crippen molar-refractivity contribution in [2.75, 3.05) is 6.54 Å². The van der Waals surface area contributed by atoms with Gasteiger partial charge in [-0.3, -0.25) is 4.79 Å². The molecule has 10 heteroatoms. The van der Waals surface area contributed by atoms with Gasteiger partial charge >= 0.3 is 0 Å².